The lowest BCUT2D eigenvalue weighted by Gasteiger charge is -2.14. The summed E-state index contributed by atoms with van der Waals surface area (Å²) in [7, 11) is 0. The number of nitrogens with one attached hydrogen (secondary N) is 1. The maximum atomic E-state index is 11.6. The van der Waals surface area contributed by atoms with Crippen LogP contribution in [0.15, 0.2) is 35.2 Å². The molecule has 0 bridgehead atoms. The summed E-state index contributed by atoms with van der Waals surface area (Å²) in [4.78, 5) is 12.8. The monoisotopic (exact) mass is 267 g/mol. The SMILES string of the molecule is CCC(CCO)CNC(=O)CSc1ccccc1. The Morgan fingerprint density at radius 3 is 2.72 bits per heavy atom. The van der Waals surface area contributed by atoms with Crippen LogP contribution in [0.25, 0.3) is 0 Å². The summed E-state index contributed by atoms with van der Waals surface area (Å²) in [6.45, 7) is 2.92. The minimum atomic E-state index is 0.0558. The van der Waals surface area contributed by atoms with Gasteiger partial charge in [-0.2, -0.15) is 0 Å². The normalized spacial score (nSPS) is 12.1. The van der Waals surface area contributed by atoms with Gasteiger partial charge < -0.3 is 10.4 Å². The van der Waals surface area contributed by atoms with Crippen LogP contribution >= 0.6 is 11.8 Å². The van der Waals surface area contributed by atoms with Crippen LogP contribution in [-0.4, -0.2) is 29.9 Å². The zero-order valence-electron chi connectivity index (χ0n) is 10.8. The second kappa shape index (κ2) is 9.00. The zero-order chi connectivity index (χ0) is 13.2. The molecule has 1 rings (SSSR count). The first-order valence-electron chi connectivity index (χ1n) is 6.31. The van der Waals surface area contributed by atoms with Gasteiger partial charge in [-0.05, 0) is 24.5 Å². The molecule has 3 nitrogen and oxygen atoms in total. The van der Waals surface area contributed by atoms with Crippen LogP contribution in [-0.2, 0) is 4.79 Å². The summed E-state index contributed by atoms with van der Waals surface area (Å²) in [5, 5.41) is 11.8. The van der Waals surface area contributed by atoms with E-state index in [0.717, 1.165) is 17.7 Å². The van der Waals surface area contributed by atoms with E-state index in [-0.39, 0.29) is 12.5 Å². The van der Waals surface area contributed by atoms with E-state index in [0.29, 0.717) is 18.2 Å². The maximum absolute atomic E-state index is 11.6. The highest BCUT2D eigenvalue weighted by Gasteiger charge is 2.08. The number of amides is 1. The number of thioether (sulfide) groups is 1. The summed E-state index contributed by atoms with van der Waals surface area (Å²) in [6.07, 6.45) is 1.73. The highest BCUT2D eigenvalue weighted by molar-refractivity contribution is 8.00. The first kappa shape index (κ1) is 15.1. The van der Waals surface area contributed by atoms with Crippen molar-refractivity contribution in [3.05, 3.63) is 30.3 Å². The Labute approximate surface area is 113 Å². The summed E-state index contributed by atoms with van der Waals surface area (Å²) >= 11 is 1.54. The summed E-state index contributed by atoms with van der Waals surface area (Å²) in [5.74, 6) is 0.875. The van der Waals surface area contributed by atoms with Gasteiger partial charge >= 0.3 is 0 Å². The third kappa shape index (κ3) is 6.07. The van der Waals surface area contributed by atoms with Crippen LogP contribution in [0.4, 0.5) is 0 Å². The van der Waals surface area contributed by atoms with Gasteiger partial charge in [-0.15, -0.1) is 11.8 Å². The second-order valence-corrected chi connectivity index (χ2v) is 5.24. The number of hydrogen-bond donors (Lipinski definition) is 2. The van der Waals surface area contributed by atoms with Crippen molar-refractivity contribution in [2.75, 3.05) is 18.9 Å². The van der Waals surface area contributed by atoms with Crippen molar-refractivity contribution in [3.8, 4) is 0 Å². The molecule has 0 fully saturated rings. The van der Waals surface area contributed by atoms with Crippen molar-refractivity contribution < 1.29 is 9.90 Å². The molecule has 2 N–H and O–H groups in total. The predicted octanol–water partition coefficient (Wildman–Crippen LogP) is 2.30. The number of benzene rings is 1. The van der Waals surface area contributed by atoms with Gasteiger partial charge in [0, 0.05) is 18.0 Å². The Morgan fingerprint density at radius 1 is 1.39 bits per heavy atom. The lowest BCUT2D eigenvalue weighted by molar-refractivity contribution is -0.118. The third-order valence-corrected chi connectivity index (χ3v) is 3.83. The Hall–Kier alpha value is -1.00. The van der Waals surface area contributed by atoms with E-state index in [4.69, 9.17) is 5.11 Å². The van der Waals surface area contributed by atoms with E-state index < -0.39 is 0 Å². The first-order chi connectivity index (χ1) is 8.76. The molecule has 1 unspecified atom stereocenters. The quantitative estimate of drug-likeness (QED) is 0.711. The lowest BCUT2D eigenvalue weighted by atomic mass is 10.0. The molecular formula is C14H21NO2S. The Kier molecular flexibility index (Phi) is 7.53. The number of aliphatic hydroxyl groups excluding tert-OH is 1. The number of carbonyl (C=O) groups excluding carboxylic acids is 1. The summed E-state index contributed by atoms with van der Waals surface area (Å²) < 4.78 is 0. The van der Waals surface area contributed by atoms with Gasteiger partial charge in [0.1, 0.15) is 0 Å². The van der Waals surface area contributed by atoms with Gasteiger partial charge in [0.2, 0.25) is 5.91 Å². The van der Waals surface area contributed by atoms with Crippen molar-refractivity contribution in [2.45, 2.75) is 24.7 Å². The van der Waals surface area contributed by atoms with Gasteiger partial charge in [0.25, 0.3) is 0 Å². The van der Waals surface area contributed by atoms with Crippen molar-refractivity contribution in [3.63, 3.8) is 0 Å². The van der Waals surface area contributed by atoms with E-state index in [9.17, 15) is 4.79 Å². The second-order valence-electron chi connectivity index (χ2n) is 4.19. The fraction of sp³-hybridized carbons (Fsp3) is 0.500. The van der Waals surface area contributed by atoms with Crippen molar-refractivity contribution in [1.29, 1.82) is 0 Å². The Bertz CT molecular complexity index is 343. The minimum Gasteiger partial charge on any atom is -0.396 e. The van der Waals surface area contributed by atoms with E-state index in [2.05, 4.69) is 12.2 Å². The number of hydrogen-bond acceptors (Lipinski definition) is 3. The van der Waals surface area contributed by atoms with Crippen LogP contribution in [0.3, 0.4) is 0 Å². The molecule has 0 saturated carbocycles. The Balaban J connectivity index is 2.21. The molecule has 1 aromatic carbocycles. The highest BCUT2D eigenvalue weighted by Crippen LogP contribution is 2.16. The molecule has 0 aromatic heterocycles. The third-order valence-electron chi connectivity index (χ3n) is 2.82. The molecule has 0 spiro atoms. The van der Waals surface area contributed by atoms with Gasteiger partial charge in [-0.25, -0.2) is 0 Å². The van der Waals surface area contributed by atoms with Crippen LogP contribution in [0.1, 0.15) is 19.8 Å². The average molecular weight is 267 g/mol. The molecule has 0 saturated heterocycles. The molecule has 0 heterocycles. The molecule has 1 atom stereocenters. The topological polar surface area (TPSA) is 49.3 Å². The molecule has 0 aliphatic heterocycles. The molecule has 0 aliphatic carbocycles. The number of aliphatic hydroxyl groups is 1. The zero-order valence-corrected chi connectivity index (χ0v) is 11.6. The standard InChI is InChI=1S/C14H21NO2S/c1-2-12(8-9-16)10-15-14(17)11-18-13-6-4-3-5-7-13/h3-7,12,16H,2,8-11H2,1H3,(H,15,17). The van der Waals surface area contributed by atoms with Crippen molar-refractivity contribution >= 4 is 17.7 Å². The van der Waals surface area contributed by atoms with E-state index in [1.54, 1.807) is 0 Å². The number of rotatable bonds is 8. The molecular weight excluding hydrogens is 246 g/mol. The summed E-state index contributed by atoms with van der Waals surface area (Å²) in [6, 6.07) is 9.89. The minimum absolute atomic E-state index is 0.0558. The van der Waals surface area contributed by atoms with E-state index in [1.807, 2.05) is 30.3 Å². The lowest BCUT2D eigenvalue weighted by Crippen LogP contribution is -2.30. The smallest absolute Gasteiger partial charge is 0.230 e. The van der Waals surface area contributed by atoms with Gasteiger partial charge in [-0.3, -0.25) is 4.79 Å². The summed E-state index contributed by atoms with van der Waals surface area (Å²) in [5.41, 5.74) is 0. The molecule has 1 amide bonds. The Morgan fingerprint density at radius 2 is 2.11 bits per heavy atom. The van der Waals surface area contributed by atoms with E-state index >= 15 is 0 Å². The molecule has 100 valence electrons. The molecule has 18 heavy (non-hydrogen) atoms. The maximum Gasteiger partial charge on any atom is 0.230 e. The van der Waals surface area contributed by atoms with Crippen molar-refractivity contribution in [1.82, 2.24) is 5.32 Å². The van der Waals surface area contributed by atoms with Gasteiger partial charge in [0.05, 0.1) is 5.75 Å². The van der Waals surface area contributed by atoms with Crippen LogP contribution in [0, 0.1) is 5.92 Å². The van der Waals surface area contributed by atoms with E-state index in [1.165, 1.54) is 11.8 Å². The molecule has 1 aromatic rings. The molecule has 0 aliphatic rings. The highest BCUT2D eigenvalue weighted by atomic mass is 32.2. The largest absolute Gasteiger partial charge is 0.396 e. The first-order valence-corrected chi connectivity index (χ1v) is 7.30. The number of carbonyl (C=O) groups is 1. The van der Waals surface area contributed by atoms with Crippen LogP contribution in [0.5, 0.6) is 0 Å². The van der Waals surface area contributed by atoms with Gasteiger partial charge in [-0.1, -0.05) is 31.5 Å². The van der Waals surface area contributed by atoms with Gasteiger partial charge in [0.15, 0.2) is 0 Å². The van der Waals surface area contributed by atoms with Crippen molar-refractivity contribution in [2.24, 2.45) is 5.92 Å². The van der Waals surface area contributed by atoms with Crippen LogP contribution < -0.4 is 5.32 Å². The van der Waals surface area contributed by atoms with Crippen LogP contribution in [0.2, 0.25) is 0 Å². The molecule has 0 radical (unpaired) electrons. The molecule has 4 heteroatoms. The fourth-order valence-electron chi connectivity index (χ4n) is 1.61. The fourth-order valence-corrected chi connectivity index (χ4v) is 2.36. The average Bonchev–Trinajstić information content (AvgIpc) is 2.42. The predicted molar refractivity (Wildman–Crippen MR) is 75.7 cm³/mol.